The average Bonchev–Trinajstić information content (AvgIpc) is 3.28. The number of hydrogen-bond acceptors (Lipinski definition) is 2. The lowest BCUT2D eigenvalue weighted by Gasteiger charge is -2.01. The molecule has 0 unspecified atom stereocenters. The minimum atomic E-state index is -0.402. The molecule has 1 saturated carbocycles. The van der Waals surface area contributed by atoms with Gasteiger partial charge < -0.3 is 0 Å². The largest absolute Gasteiger partial charge is 0.294 e. The quantitative estimate of drug-likeness (QED) is 0.804. The lowest BCUT2D eigenvalue weighted by molar-refractivity contribution is 0.0905. The van der Waals surface area contributed by atoms with Gasteiger partial charge in [0.1, 0.15) is 11.6 Å². The molecule has 2 nitrogen and oxygen atoms in total. The Kier molecular flexibility index (Phi) is 3.37. The topological polar surface area (TPSA) is 34.1 Å². The molecule has 0 aromatic heterocycles. The number of ketones is 2. The van der Waals surface area contributed by atoms with Crippen LogP contribution in [-0.4, -0.2) is 11.6 Å². The SMILES string of the molecule is O=C(c1ccc(F)cc1)[C@H]1C[C@H]1C(=O)c1ccc(F)cc1. The summed E-state index contributed by atoms with van der Waals surface area (Å²) in [6, 6.07) is 10.6. The van der Waals surface area contributed by atoms with Gasteiger partial charge in [-0.3, -0.25) is 9.59 Å². The smallest absolute Gasteiger partial charge is 0.166 e. The van der Waals surface area contributed by atoms with Crippen molar-refractivity contribution >= 4 is 11.6 Å². The first-order valence-electron chi connectivity index (χ1n) is 6.66. The summed E-state index contributed by atoms with van der Waals surface area (Å²) in [6.07, 6.45) is 0.492. The molecule has 2 atom stereocenters. The molecule has 0 N–H and O–H groups in total. The molecule has 1 fully saturated rings. The van der Waals surface area contributed by atoms with E-state index in [2.05, 4.69) is 0 Å². The molecule has 0 bridgehead atoms. The van der Waals surface area contributed by atoms with Crippen LogP contribution in [0.4, 0.5) is 8.78 Å². The van der Waals surface area contributed by atoms with Gasteiger partial charge in [0.05, 0.1) is 0 Å². The zero-order valence-corrected chi connectivity index (χ0v) is 11.1. The van der Waals surface area contributed by atoms with Crippen molar-refractivity contribution in [3.63, 3.8) is 0 Å². The van der Waals surface area contributed by atoms with Gasteiger partial charge in [-0.1, -0.05) is 0 Å². The van der Waals surface area contributed by atoms with E-state index in [4.69, 9.17) is 0 Å². The first kappa shape index (κ1) is 13.6. The predicted octanol–water partition coefficient (Wildman–Crippen LogP) is 3.67. The van der Waals surface area contributed by atoms with Crippen LogP contribution in [0.1, 0.15) is 27.1 Å². The van der Waals surface area contributed by atoms with E-state index in [0.717, 1.165) is 0 Å². The van der Waals surface area contributed by atoms with Crippen LogP contribution < -0.4 is 0 Å². The Labute approximate surface area is 120 Å². The van der Waals surface area contributed by atoms with E-state index < -0.39 is 11.6 Å². The van der Waals surface area contributed by atoms with Crippen molar-refractivity contribution in [3.05, 3.63) is 71.3 Å². The number of Topliss-reactive ketones (excluding diaryl/α,β-unsaturated/α-hetero) is 2. The summed E-state index contributed by atoms with van der Waals surface area (Å²) in [5, 5.41) is 0. The predicted molar refractivity (Wildman–Crippen MR) is 73.1 cm³/mol. The summed E-state index contributed by atoms with van der Waals surface area (Å²) >= 11 is 0. The van der Waals surface area contributed by atoms with Crippen LogP contribution in [0.15, 0.2) is 48.5 Å². The number of halogens is 2. The number of benzene rings is 2. The summed E-state index contributed by atoms with van der Waals surface area (Å²) in [6.45, 7) is 0. The van der Waals surface area contributed by atoms with E-state index in [1.54, 1.807) is 0 Å². The number of hydrogen-bond donors (Lipinski definition) is 0. The first-order chi connectivity index (χ1) is 10.1. The number of carbonyl (C=O) groups is 2. The van der Waals surface area contributed by atoms with Crippen LogP contribution >= 0.6 is 0 Å². The lowest BCUT2D eigenvalue weighted by atomic mass is 10.0. The minimum absolute atomic E-state index is 0.143. The third-order valence-corrected chi connectivity index (χ3v) is 3.72. The van der Waals surface area contributed by atoms with Crippen LogP contribution in [0.2, 0.25) is 0 Å². The summed E-state index contributed by atoms with van der Waals surface area (Å²) < 4.78 is 25.7. The second kappa shape index (κ2) is 5.20. The fourth-order valence-corrected chi connectivity index (χ4v) is 2.43. The van der Waals surface area contributed by atoms with Gasteiger partial charge in [0.15, 0.2) is 11.6 Å². The molecule has 106 valence electrons. The third kappa shape index (κ3) is 2.75. The van der Waals surface area contributed by atoms with Crippen molar-refractivity contribution < 1.29 is 18.4 Å². The van der Waals surface area contributed by atoms with E-state index in [9.17, 15) is 18.4 Å². The molecule has 4 heteroatoms. The van der Waals surface area contributed by atoms with Gasteiger partial charge in [-0.05, 0) is 55.0 Å². The fraction of sp³-hybridized carbons (Fsp3) is 0.176. The monoisotopic (exact) mass is 286 g/mol. The van der Waals surface area contributed by atoms with E-state index in [1.165, 1.54) is 48.5 Å². The Hall–Kier alpha value is -2.36. The molecular formula is C17H12F2O2. The maximum atomic E-state index is 12.8. The first-order valence-corrected chi connectivity index (χ1v) is 6.66. The Morgan fingerprint density at radius 2 is 1.05 bits per heavy atom. The minimum Gasteiger partial charge on any atom is -0.294 e. The normalized spacial score (nSPS) is 20.1. The fourth-order valence-electron chi connectivity index (χ4n) is 2.43. The highest BCUT2D eigenvalue weighted by molar-refractivity contribution is 6.08. The molecule has 3 rings (SSSR count). The van der Waals surface area contributed by atoms with Crippen molar-refractivity contribution in [2.24, 2.45) is 11.8 Å². The van der Waals surface area contributed by atoms with Crippen molar-refractivity contribution in [1.82, 2.24) is 0 Å². The zero-order chi connectivity index (χ0) is 15.0. The lowest BCUT2D eigenvalue weighted by Crippen LogP contribution is -2.09. The molecule has 0 spiro atoms. The molecule has 2 aromatic rings. The van der Waals surface area contributed by atoms with Gasteiger partial charge in [0, 0.05) is 23.0 Å². The maximum absolute atomic E-state index is 12.8. The summed E-state index contributed by atoms with van der Waals surface area (Å²) in [5.74, 6) is -1.80. The van der Waals surface area contributed by atoms with E-state index in [0.29, 0.717) is 17.5 Å². The summed E-state index contributed by atoms with van der Waals surface area (Å²) in [7, 11) is 0. The highest BCUT2D eigenvalue weighted by Gasteiger charge is 2.47. The Morgan fingerprint density at radius 1 is 0.714 bits per heavy atom. The van der Waals surface area contributed by atoms with Crippen molar-refractivity contribution in [3.8, 4) is 0 Å². The number of rotatable bonds is 4. The Bertz CT molecular complexity index is 628. The van der Waals surface area contributed by atoms with Gasteiger partial charge in [-0.15, -0.1) is 0 Å². The molecule has 1 aliphatic rings. The molecule has 0 radical (unpaired) electrons. The molecule has 1 aliphatic carbocycles. The third-order valence-electron chi connectivity index (χ3n) is 3.72. The van der Waals surface area contributed by atoms with Crippen molar-refractivity contribution in [2.45, 2.75) is 6.42 Å². The highest BCUT2D eigenvalue weighted by Crippen LogP contribution is 2.43. The Morgan fingerprint density at radius 3 is 1.38 bits per heavy atom. The van der Waals surface area contributed by atoms with Gasteiger partial charge in [-0.25, -0.2) is 8.78 Å². The molecule has 0 heterocycles. The standard InChI is InChI=1S/C17H12F2O2/c18-12-5-1-10(2-6-12)16(20)14-9-15(14)17(21)11-3-7-13(19)8-4-11/h1-8,14-15H,9H2/t14-,15+. The van der Waals surface area contributed by atoms with Crippen LogP contribution in [-0.2, 0) is 0 Å². The Balaban J connectivity index is 1.71. The second-order valence-corrected chi connectivity index (χ2v) is 5.19. The molecule has 0 amide bonds. The summed E-state index contributed by atoms with van der Waals surface area (Å²) in [4.78, 5) is 24.4. The van der Waals surface area contributed by atoms with Gasteiger partial charge in [0.25, 0.3) is 0 Å². The van der Waals surface area contributed by atoms with Gasteiger partial charge in [0.2, 0.25) is 0 Å². The van der Waals surface area contributed by atoms with Crippen molar-refractivity contribution in [2.75, 3.05) is 0 Å². The van der Waals surface area contributed by atoms with E-state index in [1.807, 2.05) is 0 Å². The molecule has 0 saturated heterocycles. The van der Waals surface area contributed by atoms with Crippen LogP contribution in [0.5, 0.6) is 0 Å². The number of carbonyl (C=O) groups excluding carboxylic acids is 2. The molecule has 2 aromatic carbocycles. The van der Waals surface area contributed by atoms with Crippen LogP contribution in [0.25, 0.3) is 0 Å². The second-order valence-electron chi connectivity index (χ2n) is 5.19. The van der Waals surface area contributed by atoms with Crippen LogP contribution in [0.3, 0.4) is 0 Å². The van der Waals surface area contributed by atoms with Crippen molar-refractivity contribution in [1.29, 1.82) is 0 Å². The van der Waals surface area contributed by atoms with Gasteiger partial charge >= 0.3 is 0 Å². The molecule has 21 heavy (non-hydrogen) atoms. The average molecular weight is 286 g/mol. The molecule has 0 aliphatic heterocycles. The van der Waals surface area contributed by atoms with E-state index in [-0.39, 0.29) is 23.4 Å². The molecular weight excluding hydrogens is 274 g/mol. The van der Waals surface area contributed by atoms with Gasteiger partial charge in [-0.2, -0.15) is 0 Å². The highest BCUT2D eigenvalue weighted by atomic mass is 19.1. The zero-order valence-electron chi connectivity index (χ0n) is 11.1. The maximum Gasteiger partial charge on any atom is 0.166 e. The van der Waals surface area contributed by atoms with E-state index >= 15 is 0 Å². The summed E-state index contributed by atoms with van der Waals surface area (Å²) in [5.41, 5.74) is 0.826. The van der Waals surface area contributed by atoms with Crippen LogP contribution in [0, 0.1) is 23.5 Å².